The first kappa shape index (κ1) is 32.2. The third kappa shape index (κ3) is 9.61. The highest BCUT2D eigenvalue weighted by Gasteiger charge is 2.39. The zero-order valence-corrected chi connectivity index (χ0v) is 26.9. The largest absolute Gasteiger partial charge is 0.449 e. The summed E-state index contributed by atoms with van der Waals surface area (Å²) in [6.45, 7) is 7.43. The summed E-state index contributed by atoms with van der Waals surface area (Å²) >= 11 is 0. The first-order valence-electron chi connectivity index (χ1n) is 15.0. The van der Waals surface area contributed by atoms with E-state index in [9.17, 15) is 9.59 Å². The molecule has 2 amide bonds. The molecular formula is C33H46N2O4Si2. The molecule has 3 rings (SSSR count). The van der Waals surface area contributed by atoms with Gasteiger partial charge in [-0.2, -0.15) is 0 Å². The van der Waals surface area contributed by atoms with Crippen molar-refractivity contribution in [3.63, 3.8) is 0 Å². The summed E-state index contributed by atoms with van der Waals surface area (Å²) in [6.07, 6.45) is 3.47. The molecule has 0 spiro atoms. The number of unbranched alkanes of at least 4 members (excludes halogenated alkanes) is 2. The van der Waals surface area contributed by atoms with Crippen LogP contribution in [0.1, 0.15) is 39.5 Å². The molecule has 3 aromatic carbocycles. The summed E-state index contributed by atoms with van der Waals surface area (Å²) < 4.78 is 11.0. The van der Waals surface area contributed by atoms with Gasteiger partial charge >= 0.3 is 12.2 Å². The number of carbonyl (C=O) groups excluding carboxylic acids is 2. The number of benzene rings is 3. The lowest BCUT2D eigenvalue weighted by atomic mass is 10.3. The fraction of sp³-hybridized carbons (Fsp3) is 0.394. The Labute approximate surface area is 247 Å². The second-order valence-corrected chi connectivity index (χ2v) is 20.2. The van der Waals surface area contributed by atoms with Gasteiger partial charge in [0.05, 0.1) is 21.3 Å². The number of hydrogen-bond acceptors (Lipinski definition) is 4. The molecule has 3 aromatic rings. The molecule has 0 saturated heterocycles. The lowest BCUT2D eigenvalue weighted by molar-refractivity contribution is 0.129. The first-order valence-corrected chi connectivity index (χ1v) is 20.3. The van der Waals surface area contributed by atoms with Crippen LogP contribution in [0.5, 0.6) is 0 Å². The number of carbonyl (C=O) groups is 2. The van der Waals surface area contributed by atoms with E-state index >= 15 is 0 Å². The zero-order chi connectivity index (χ0) is 29.4. The predicted molar refractivity (Wildman–Crippen MR) is 174 cm³/mol. The van der Waals surface area contributed by atoms with E-state index in [2.05, 4.69) is 104 Å². The number of amides is 2. The molecule has 0 radical (unpaired) electrons. The minimum absolute atomic E-state index is 0.201. The van der Waals surface area contributed by atoms with Crippen LogP contribution in [-0.2, 0) is 9.47 Å². The Kier molecular flexibility index (Phi) is 13.2. The van der Waals surface area contributed by atoms with Gasteiger partial charge < -0.3 is 9.47 Å². The van der Waals surface area contributed by atoms with Crippen LogP contribution in [0.15, 0.2) is 91.0 Å². The maximum atomic E-state index is 12.5. The Morgan fingerprint density at radius 2 is 0.951 bits per heavy atom. The topological polar surface area (TPSA) is 76.7 Å². The summed E-state index contributed by atoms with van der Waals surface area (Å²) in [7, 11) is -3.94. The highest BCUT2D eigenvalue weighted by atomic mass is 28.3. The number of hydrogen-bond donors (Lipinski definition) is 2. The summed E-state index contributed by atoms with van der Waals surface area (Å²) in [5, 5.41) is 3.74. The van der Waals surface area contributed by atoms with Gasteiger partial charge in [0.15, 0.2) is 8.07 Å². The molecule has 0 fully saturated rings. The van der Waals surface area contributed by atoms with Crippen LogP contribution in [0.2, 0.25) is 30.7 Å². The molecule has 0 saturated carbocycles. The van der Waals surface area contributed by atoms with Crippen molar-refractivity contribution >= 4 is 43.9 Å². The van der Waals surface area contributed by atoms with E-state index in [0.717, 1.165) is 6.04 Å². The van der Waals surface area contributed by atoms with Crippen molar-refractivity contribution in [1.82, 2.24) is 10.9 Å². The van der Waals surface area contributed by atoms with Gasteiger partial charge in [-0.25, -0.2) is 20.4 Å². The molecule has 0 atom stereocenters. The molecule has 0 bridgehead atoms. The maximum Gasteiger partial charge on any atom is 0.426 e. The van der Waals surface area contributed by atoms with Crippen molar-refractivity contribution in [3.05, 3.63) is 91.0 Å². The van der Waals surface area contributed by atoms with Crippen LogP contribution >= 0.6 is 0 Å². The van der Waals surface area contributed by atoms with Crippen molar-refractivity contribution < 1.29 is 19.1 Å². The Balaban J connectivity index is 1.58. The molecule has 0 aliphatic carbocycles. The summed E-state index contributed by atoms with van der Waals surface area (Å²) in [4.78, 5) is 24.8. The molecular weight excluding hydrogens is 545 g/mol. The van der Waals surface area contributed by atoms with Crippen LogP contribution in [0.25, 0.3) is 0 Å². The zero-order valence-electron chi connectivity index (χ0n) is 24.9. The van der Waals surface area contributed by atoms with Gasteiger partial charge in [-0.15, -0.1) is 0 Å². The molecule has 0 unspecified atom stereocenters. The second kappa shape index (κ2) is 16.8. The second-order valence-electron chi connectivity index (χ2n) is 11.0. The minimum atomic E-state index is -2.50. The number of nitrogens with one attached hydrogen (secondary N) is 2. The van der Waals surface area contributed by atoms with E-state index in [-0.39, 0.29) is 6.61 Å². The van der Waals surface area contributed by atoms with Gasteiger partial charge in [0.2, 0.25) is 0 Å². The van der Waals surface area contributed by atoms with E-state index < -0.39 is 28.3 Å². The molecule has 0 aliphatic rings. The highest BCUT2D eigenvalue weighted by molar-refractivity contribution is 7.11. The third-order valence-electron chi connectivity index (χ3n) is 7.98. The van der Waals surface area contributed by atoms with Crippen molar-refractivity contribution in [2.75, 3.05) is 13.2 Å². The van der Waals surface area contributed by atoms with E-state index in [4.69, 9.17) is 9.47 Å². The predicted octanol–water partition coefficient (Wildman–Crippen LogP) is 6.20. The van der Waals surface area contributed by atoms with E-state index in [1.54, 1.807) is 0 Å². The lowest BCUT2D eigenvalue weighted by Gasteiger charge is -2.33. The van der Waals surface area contributed by atoms with Gasteiger partial charge in [0.25, 0.3) is 0 Å². The third-order valence-corrected chi connectivity index (χ3v) is 17.4. The fourth-order valence-electron chi connectivity index (χ4n) is 5.54. The highest BCUT2D eigenvalue weighted by Crippen LogP contribution is 2.26. The van der Waals surface area contributed by atoms with E-state index in [0.29, 0.717) is 12.7 Å². The van der Waals surface area contributed by atoms with Crippen LogP contribution in [0.4, 0.5) is 9.59 Å². The number of hydrazine groups is 1. The summed E-state index contributed by atoms with van der Waals surface area (Å²) in [5.41, 5.74) is 4.68. The summed E-state index contributed by atoms with van der Waals surface area (Å²) in [6, 6.07) is 35.6. The average Bonchev–Trinajstić information content (AvgIpc) is 3.01. The van der Waals surface area contributed by atoms with Crippen LogP contribution in [-0.4, -0.2) is 41.5 Å². The quantitative estimate of drug-likeness (QED) is 0.126. The van der Waals surface area contributed by atoms with Crippen LogP contribution in [0, 0.1) is 0 Å². The number of ether oxygens (including phenoxy) is 2. The van der Waals surface area contributed by atoms with Gasteiger partial charge in [0.1, 0.15) is 0 Å². The molecule has 0 aromatic heterocycles. The Bertz CT molecular complexity index is 1070. The van der Waals surface area contributed by atoms with Crippen molar-refractivity contribution in [3.8, 4) is 0 Å². The van der Waals surface area contributed by atoms with Gasteiger partial charge in [-0.3, -0.25) is 0 Å². The van der Waals surface area contributed by atoms with Gasteiger partial charge in [-0.05, 0) is 27.6 Å². The summed E-state index contributed by atoms with van der Waals surface area (Å²) in [5.74, 6) is 0. The van der Waals surface area contributed by atoms with Crippen LogP contribution in [0.3, 0.4) is 0 Å². The molecule has 41 heavy (non-hydrogen) atoms. The smallest absolute Gasteiger partial charge is 0.426 e. The monoisotopic (exact) mass is 590 g/mol. The maximum absolute atomic E-state index is 12.5. The normalized spacial score (nSPS) is 11.5. The molecule has 8 heteroatoms. The Hall–Kier alpha value is -3.37. The molecule has 220 valence electrons. The lowest BCUT2D eigenvalue weighted by Crippen LogP contribution is -2.67. The Morgan fingerprint density at radius 3 is 1.32 bits per heavy atom. The van der Waals surface area contributed by atoms with Crippen molar-refractivity contribution in [2.45, 2.75) is 70.3 Å². The van der Waals surface area contributed by atoms with E-state index in [1.165, 1.54) is 53.3 Å². The van der Waals surface area contributed by atoms with Gasteiger partial charge in [0, 0.05) is 0 Å². The average molecular weight is 591 g/mol. The minimum Gasteiger partial charge on any atom is -0.449 e. The van der Waals surface area contributed by atoms with Gasteiger partial charge in [-0.1, -0.05) is 149 Å². The van der Waals surface area contributed by atoms with E-state index in [1.807, 2.05) is 18.2 Å². The van der Waals surface area contributed by atoms with Crippen molar-refractivity contribution in [2.24, 2.45) is 0 Å². The molecule has 6 nitrogen and oxygen atoms in total. The Morgan fingerprint density at radius 1 is 0.585 bits per heavy atom. The fourth-order valence-corrected chi connectivity index (χ4v) is 13.9. The van der Waals surface area contributed by atoms with Crippen LogP contribution < -0.4 is 26.4 Å². The standard InChI is InChI=1S/C33H46N2O4Si2/c1-4-6-25-40(3,26-7-5-2)27-23-38-32(36)34-35-33(37)39-24-28-41(29-17-11-8-12-18-29,30-19-13-9-14-20-30)31-21-15-10-16-22-31/h8-22H,4-7,23-28H2,1-3H3,(H,34,36)(H,35,37). The SMILES string of the molecule is CCCC[Si](C)(CCCC)CCOC(=O)NNC(=O)OCC[Si](c1ccccc1)(c1ccccc1)c1ccccc1. The molecule has 0 heterocycles. The van der Waals surface area contributed by atoms with Crippen molar-refractivity contribution in [1.29, 1.82) is 0 Å². The number of rotatable bonds is 15. The first-order chi connectivity index (χ1) is 19.9. The molecule has 0 aliphatic heterocycles. The molecule has 2 N–H and O–H groups in total.